The van der Waals surface area contributed by atoms with Gasteiger partial charge in [-0.1, -0.05) is 18.2 Å². The summed E-state index contributed by atoms with van der Waals surface area (Å²) in [5, 5.41) is 2.69. The molecule has 19 heavy (non-hydrogen) atoms. The fraction of sp³-hybridized carbons (Fsp3) is 0.143. The summed E-state index contributed by atoms with van der Waals surface area (Å²) >= 11 is 0. The number of amides is 1. The van der Waals surface area contributed by atoms with Gasteiger partial charge in [0.05, 0.1) is 17.9 Å². The summed E-state index contributed by atoms with van der Waals surface area (Å²) in [7, 11) is 0. The first-order valence-electron chi connectivity index (χ1n) is 5.84. The van der Waals surface area contributed by atoms with E-state index in [9.17, 15) is 9.18 Å². The number of nitrogens with one attached hydrogen (secondary N) is 1. The topological polar surface area (TPSA) is 68.0 Å². The van der Waals surface area contributed by atoms with Crippen LogP contribution < -0.4 is 11.1 Å². The van der Waals surface area contributed by atoms with Gasteiger partial charge < -0.3 is 11.1 Å². The van der Waals surface area contributed by atoms with Gasteiger partial charge in [-0.05, 0) is 25.1 Å². The second-order valence-electron chi connectivity index (χ2n) is 4.19. The lowest BCUT2D eigenvalue weighted by atomic mass is 10.1. The predicted molar refractivity (Wildman–Crippen MR) is 70.9 cm³/mol. The maximum Gasteiger partial charge on any atom is 0.270 e. The monoisotopic (exact) mass is 259 g/mol. The maximum atomic E-state index is 13.6. The highest BCUT2D eigenvalue weighted by Gasteiger charge is 2.14. The molecule has 0 aliphatic carbocycles. The van der Waals surface area contributed by atoms with Crippen LogP contribution in [0.5, 0.6) is 0 Å². The number of rotatable bonds is 3. The summed E-state index contributed by atoms with van der Waals surface area (Å²) in [6, 6.07) is 9.01. The zero-order valence-electron chi connectivity index (χ0n) is 10.4. The lowest BCUT2D eigenvalue weighted by molar-refractivity contribution is 0.0934. The molecule has 2 aromatic rings. The fourth-order valence-corrected chi connectivity index (χ4v) is 1.71. The van der Waals surface area contributed by atoms with Crippen molar-refractivity contribution in [3.8, 4) is 0 Å². The van der Waals surface area contributed by atoms with Gasteiger partial charge in [-0.2, -0.15) is 0 Å². The average molecular weight is 259 g/mol. The average Bonchev–Trinajstić information content (AvgIpc) is 2.39. The Morgan fingerprint density at radius 2 is 2.05 bits per heavy atom. The van der Waals surface area contributed by atoms with Crippen LogP contribution in [0, 0.1) is 5.82 Å². The fourth-order valence-electron chi connectivity index (χ4n) is 1.71. The van der Waals surface area contributed by atoms with Crippen molar-refractivity contribution in [1.82, 2.24) is 10.3 Å². The number of carbonyl (C=O) groups excluding carboxylic acids is 1. The van der Waals surface area contributed by atoms with Gasteiger partial charge >= 0.3 is 0 Å². The molecule has 1 heterocycles. The molecule has 4 nitrogen and oxygen atoms in total. The zero-order valence-corrected chi connectivity index (χ0v) is 10.4. The number of nitrogens with zero attached hydrogens (tertiary/aromatic N) is 1. The van der Waals surface area contributed by atoms with Gasteiger partial charge in [0.2, 0.25) is 0 Å². The number of hydrogen-bond donors (Lipinski definition) is 2. The van der Waals surface area contributed by atoms with Crippen LogP contribution in [0.1, 0.15) is 29.0 Å². The highest BCUT2D eigenvalue weighted by atomic mass is 19.1. The molecule has 5 heteroatoms. The van der Waals surface area contributed by atoms with Crippen LogP contribution in [0.3, 0.4) is 0 Å². The molecule has 1 aromatic carbocycles. The van der Waals surface area contributed by atoms with Gasteiger partial charge in [-0.15, -0.1) is 0 Å². The largest absolute Gasteiger partial charge is 0.397 e. The molecule has 1 atom stereocenters. The Morgan fingerprint density at radius 1 is 1.32 bits per heavy atom. The molecule has 0 aliphatic rings. The smallest absolute Gasteiger partial charge is 0.270 e. The molecule has 1 aromatic heterocycles. The lowest BCUT2D eigenvalue weighted by Crippen LogP contribution is -2.27. The van der Waals surface area contributed by atoms with Gasteiger partial charge in [-0.3, -0.25) is 4.79 Å². The normalized spacial score (nSPS) is 11.9. The summed E-state index contributed by atoms with van der Waals surface area (Å²) < 4.78 is 13.6. The number of nitrogen functional groups attached to an aromatic ring is 1. The summed E-state index contributed by atoms with van der Waals surface area (Å²) in [5.41, 5.74) is 6.66. The van der Waals surface area contributed by atoms with Gasteiger partial charge in [-0.25, -0.2) is 9.37 Å². The lowest BCUT2D eigenvalue weighted by Gasteiger charge is -2.14. The molecular weight excluding hydrogens is 245 g/mol. The molecule has 1 amide bonds. The van der Waals surface area contributed by atoms with Crippen molar-refractivity contribution in [3.63, 3.8) is 0 Å². The number of hydrogen-bond acceptors (Lipinski definition) is 3. The van der Waals surface area contributed by atoms with Crippen LogP contribution in [0.2, 0.25) is 0 Å². The van der Waals surface area contributed by atoms with E-state index in [1.807, 2.05) is 0 Å². The Morgan fingerprint density at radius 3 is 2.68 bits per heavy atom. The van der Waals surface area contributed by atoms with E-state index in [0.29, 0.717) is 11.3 Å². The summed E-state index contributed by atoms with van der Waals surface area (Å²) in [6.07, 6.45) is 1.41. The Balaban J connectivity index is 2.11. The molecule has 0 bridgehead atoms. The van der Waals surface area contributed by atoms with Crippen LogP contribution in [-0.2, 0) is 0 Å². The van der Waals surface area contributed by atoms with Crippen molar-refractivity contribution in [3.05, 3.63) is 59.7 Å². The molecule has 0 saturated carbocycles. The van der Waals surface area contributed by atoms with E-state index < -0.39 is 6.04 Å². The molecule has 0 aliphatic heterocycles. The first-order valence-corrected chi connectivity index (χ1v) is 5.84. The third kappa shape index (κ3) is 3.07. The van der Waals surface area contributed by atoms with E-state index in [2.05, 4.69) is 10.3 Å². The second-order valence-corrected chi connectivity index (χ2v) is 4.19. The molecule has 0 spiro atoms. The van der Waals surface area contributed by atoms with Crippen LogP contribution in [0.4, 0.5) is 10.1 Å². The van der Waals surface area contributed by atoms with Crippen LogP contribution in [-0.4, -0.2) is 10.9 Å². The van der Waals surface area contributed by atoms with Gasteiger partial charge in [0.15, 0.2) is 0 Å². The van der Waals surface area contributed by atoms with Crippen molar-refractivity contribution in [2.45, 2.75) is 13.0 Å². The zero-order chi connectivity index (χ0) is 13.8. The standard InChI is InChI=1S/C14H14FN3O/c1-9(11-4-2-3-5-12(11)15)18-14(19)13-7-6-10(16)8-17-13/h2-9H,16H2,1H3,(H,18,19). The Hall–Kier alpha value is -2.43. The van der Waals surface area contributed by atoms with E-state index in [-0.39, 0.29) is 17.4 Å². The predicted octanol–water partition coefficient (Wildman–Crippen LogP) is 2.29. The maximum absolute atomic E-state index is 13.6. The Kier molecular flexibility index (Phi) is 3.75. The third-order valence-electron chi connectivity index (χ3n) is 2.74. The van der Waals surface area contributed by atoms with Crippen LogP contribution >= 0.6 is 0 Å². The van der Waals surface area contributed by atoms with Crippen molar-refractivity contribution < 1.29 is 9.18 Å². The second kappa shape index (κ2) is 5.48. The first-order chi connectivity index (χ1) is 9.08. The van der Waals surface area contributed by atoms with Crippen molar-refractivity contribution >= 4 is 11.6 Å². The quantitative estimate of drug-likeness (QED) is 0.888. The van der Waals surface area contributed by atoms with Crippen LogP contribution in [0.15, 0.2) is 42.6 Å². The molecule has 2 rings (SSSR count). The van der Waals surface area contributed by atoms with E-state index in [1.165, 1.54) is 18.3 Å². The third-order valence-corrected chi connectivity index (χ3v) is 2.74. The Labute approximate surface area is 110 Å². The van der Waals surface area contributed by atoms with E-state index in [4.69, 9.17) is 5.73 Å². The summed E-state index contributed by atoms with van der Waals surface area (Å²) in [4.78, 5) is 15.8. The molecule has 0 fully saturated rings. The van der Waals surface area contributed by atoms with Crippen molar-refractivity contribution in [2.24, 2.45) is 0 Å². The van der Waals surface area contributed by atoms with E-state index in [1.54, 1.807) is 31.2 Å². The number of halogens is 1. The molecule has 3 N–H and O–H groups in total. The minimum absolute atomic E-state index is 0.248. The molecule has 1 unspecified atom stereocenters. The highest BCUT2D eigenvalue weighted by Crippen LogP contribution is 2.16. The molecule has 0 radical (unpaired) electrons. The number of anilines is 1. The number of benzene rings is 1. The van der Waals surface area contributed by atoms with Gasteiger partial charge in [0, 0.05) is 5.56 Å². The van der Waals surface area contributed by atoms with Crippen LogP contribution in [0.25, 0.3) is 0 Å². The molecule has 98 valence electrons. The van der Waals surface area contributed by atoms with Crippen molar-refractivity contribution in [2.75, 3.05) is 5.73 Å². The number of aromatic nitrogens is 1. The minimum atomic E-state index is -0.437. The summed E-state index contributed by atoms with van der Waals surface area (Å²) in [5.74, 6) is -0.712. The first kappa shape index (κ1) is 13.0. The van der Waals surface area contributed by atoms with Crippen molar-refractivity contribution in [1.29, 1.82) is 0 Å². The number of pyridine rings is 1. The number of carbonyl (C=O) groups is 1. The minimum Gasteiger partial charge on any atom is -0.397 e. The van der Waals surface area contributed by atoms with E-state index >= 15 is 0 Å². The molecular formula is C14H14FN3O. The van der Waals surface area contributed by atoms with Gasteiger partial charge in [0.1, 0.15) is 11.5 Å². The SMILES string of the molecule is CC(NC(=O)c1ccc(N)cn1)c1ccccc1F. The van der Waals surface area contributed by atoms with E-state index in [0.717, 1.165) is 0 Å². The Bertz CT molecular complexity index is 583. The highest BCUT2D eigenvalue weighted by molar-refractivity contribution is 5.92. The molecule has 0 saturated heterocycles. The number of nitrogens with two attached hydrogens (primary N) is 1. The van der Waals surface area contributed by atoms with Gasteiger partial charge in [0.25, 0.3) is 5.91 Å². The summed E-state index contributed by atoms with van der Waals surface area (Å²) in [6.45, 7) is 1.72.